The Morgan fingerprint density at radius 2 is 1.91 bits per heavy atom. The maximum absolute atomic E-state index is 11.6. The van der Waals surface area contributed by atoms with Crippen molar-refractivity contribution in [2.45, 2.75) is 20.3 Å². The lowest BCUT2D eigenvalue weighted by atomic mass is 10.1. The molecule has 0 unspecified atom stereocenters. The smallest absolute Gasteiger partial charge is 0.220 e. The van der Waals surface area contributed by atoms with Crippen LogP contribution >= 0.6 is 0 Å². The molecule has 0 aromatic carbocycles. The summed E-state index contributed by atoms with van der Waals surface area (Å²) < 4.78 is 15.7. The molecule has 0 fully saturated rings. The number of ether oxygens (including phenoxy) is 3. The molecule has 0 aromatic rings. The van der Waals surface area contributed by atoms with Gasteiger partial charge in [0.2, 0.25) is 5.91 Å². The molecule has 0 saturated carbocycles. The second-order valence-corrected chi connectivity index (χ2v) is 5.68. The molecule has 8 nitrogen and oxygen atoms in total. The highest BCUT2D eigenvalue weighted by atomic mass is 16.5. The monoisotopic (exact) mass is 330 g/mol. The normalized spacial score (nSPS) is 14.1. The first kappa shape index (κ1) is 19.7. The molecule has 3 N–H and O–H groups in total. The fourth-order valence-electron chi connectivity index (χ4n) is 1.87. The van der Waals surface area contributed by atoms with Crippen molar-refractivity contribution in [2.75, 3.05) is 53.2 Å². The zero-order chi connectivity index (χ0) is 16.9. The van der Waals surface area contributed by atoms with Crippen molar-refractivity contribution in [3.63, 3.8) is 0 Å². The minimum absolute atomic E-state index is 0.0676. The predicted molar refractivity (Wildman–Crippen MR) is 87.0 cm³/mol. The van der Waals surface area contributed by atoms with Crippen LogP contribution in [0.3, 0.4) is 0 Å². The molecular formula is C15H30N4O4. The standard InChI is InChI=1S/C15H30N4O4/c1-13(2)10-15(20)16-11-14-12-19(18-17-14)4-5-22-8-9-23-7-6-21-3/h12-13,17-18H,4-11H2,1-3H3,(H,16,20). The number of methoxy groups -OCH3 is 1. The largest absolute Gasteiger partial charge is 0.382 e. The maximum atomic E-state index is 11.6. The van der Waals surface area contributed by atoms with Crippen molar-refractivity contribution in [3.8, 4) is 0 Å². The van der Waals surface area contributed by atoms with Crippen molar-refractivity contribution in [1.82, 2.24) is 21.3 Å². The minimum Gasteiger partial charge on any atom is -0.382 e. The average Bonchev–Trinajstić information content (AvgIpc) is 2.95. The third-order valence-electron chi connectivity index (χ3n) is 3.02. The summed E-state index contributed by atoms with van der Waals surface area (Å²) in [6.45, 7) is 8.16. The Kier molecular flexibility index (Phi) is 10.4. The van der Waals surface area contributed by atoms with Crippen molar-refractivity contribution in [3.05, 3.63) is 11.9 Å². The van der Waals surface area contributed by atoms with E-state index in [-0.39, 0.29) is 5.91 Å². The van der Waals surface area contributed by atoms with Crippen LogP contribution in [0.25, 0.3) is 0 Å². The lowest BCUT2D eigenvalue weighted by Gasteiger charge is -2.14. The molecule has 23 heavy (non-hydrogen) atoms. The highest BCUT2D eigenvalue weighted by Gasteiger charge is 2.12. The van der Waals surface area contributed by atoms with Crippen LogP contribution in [0.5, 0.6) is 0 Å². The molecule has 1 aliphatic heterocycles. The predicted octanol–water partition coefficient (Wildman–Crippen LogP) is -0.00550. The number of amides is 1. The first-order valence-electron chi connectivity index (χ1n) is 8.02. The van der Waals surface area contributed by atoms with Crippen molar-refractivity contribution in [2.24, 2.45) is 5.92 Å². The Balaban J connectivity index is 2.02. The van der Waals surface area contributed by atoms with Crippen LogP contribution in [-0.2, 0) is 19.0 Å². The van der Waals surface area contributed by atoms with Gasteiger partial charge in [0.05, 0.1) is 51.8 Å². The molecule has 0 aliphatic carbocycles. The molecule has 0 atom stereocenters. The van der Waals surface area contributed by atoms with Crippen LogP contribution in [0.2, 0.25) is 0 Å². The summed E-state index contributed by atoms with van der Waals surface area (Å²) in [5.41, 5.74) is 6.94. The van der Waals surface area contributed by atoms with Crippen LogP contribution in [0.15, 0.2) is 11.9 Å². The summed E-state index contributed by atoms with van der Waals surface area (Å²) in [7, 11) is 1.65. The Hall–Kier alpha value is -1.35. The van der Waals surface area contributed by atoms with Gasteiger partial charge in [-0.2, -0.15) is 0 Å². The number of hydrazine groups is 2. The van der Waals surface area contributed by atoms with E-state index in [4.69, 9.17) is 14.2 Å². The van der Waals surface area contributed by atoms with E-state index in [1.165, 1.54) is 0 Å². The lowest BCUT2D eigenvalue weighted by molar-refractivity contribution is -0.121. The quantitative estimate of drug-likeness (QED) is 0.410. The molecule has 0 saturated heterocycles. The third-order valence-corrected chi connectivity index (χ3v) is 3.02. The van der Waals surface area contributed by atoms with E-state index in [9.17, 15) is 4.79 Å². The van der Waals surface area contributed by atoms with E-state index in [1.54, 1.807) is 7.11 Å². The number of carbonyl (C=O) groups is 1. The van der Waals surface area contributed by atoms with Gasteiger partial charge in [0.15, 0.2) is 0 Å². The molecule has 134 valence electrons. The SMILES string of the molecule is COCCOCCOCCN1C=C(CNC(=O)CC(C)C)NN1. The van der Waals surface area contributed by atoms with E-state index in [1.807, 2.05) is 25.1 Å². The Morgan fingerprint density at radius 3 is 2.61 bits per heavy atom. The van der Waals surface area contributed by atoms with Gasteiger partial charge in [-0.3, -0.25) is 9.80 Å². The topological polar surface area (TPSA) is 84.1 Å². The van der Waals surface area contributed by atoms with E-state index in [0.717, 1.165) is 5.70 Å². The summed E-state index contributed by atoms with van der Waals surface area (Å²) in [6.07, 6.45) is 2.47. The van der Waals surface area contributed by atoms with Crippen LogP contribution < -0.4 is 16.3 Å². The maximum Gasteiger partial charge on any atom is 0.220 e. The van der Waals surface area contributed by atoms with Crippen LogP contribution in [0, 0.1) is 5.92 Å². The number of hydrogen-bond donors (Lipinski definition) is 3. The van der Waals surface area contributed by atoms with E-state index in [2.05, 4.69) is 16.3 Å². The molecule has 0 aromatic heterocycles. The fraction of sp³-hybridized carbons (Fsp3) is 0.800. The molecule has 1 rings (SSSR count). The van der Waals surface area contributed by atoms with Gasteiger partial charge in [0, 0.05) is 19.7 Å². The molecule has 1 amide bonds. The van der Waals surface area contributed by atoms with E-state index in [0.29, 0.717) is 58.5 Å². The van der Waals surface area contributed by atoms with Gasteiger partial charge in [0.25, 0.3) is 0 Å². The Morgan fingerprint density at radius 1 is 1.22 bits per heavy atom. The molecule has 0 radical (unpaired) electrons. The highest BCUT2D eigenvalue weighted by Crippen LogP contribution is 2.01. The molecular weight excluding hydrogens is 300 g/mol. The molecule has 0 spiro atoms. The molecule has 8 heteroatoms. The number of nitrogens with one attached hydrogen (secondary N) is 3. The highest BCUT2D eigenvalue weighted by molar-refractivity contribution is 5.76. The van der Waals surface area contributed by atoms with E-state index < -0.39 is 0 Å². The number of nitrogens with zero attached hydrogens (tertiary/aromatic N) is 1. The summed E-state index contributed by atoms with van der Waals surface area (Å²) in [6, 6.07) is 0. The molecule has 0 bridgehead atoms. The van der Waals surface area contributed by atoms with Crippen molar-refractivity contribution < 1.29 is 19.0 Å². The van der Waals surface area contributed by atoms with Gasteiger partial charge in [-0.15, -0.1) is 5.53 Å². The summed E-state index contributed by atoms with van der Waals surface area (Å²) in [5, 5.41) is 4.77. The number of carbonyl (C=O) groups excluding carboxylic acids is 1. The van der Waals surface area contributed by atoms with Gasteiger partial charge in [-0.25, -0.2) is 0 Å². The van der Waals surface area contributed by atoms with Crippen LogP contribution in [0.4, 0.5) is 0 Å². The molecule has 1 heterocycles. The average molecular weight is 330 g/mol. The first-order valence-corrected chi connectivity index (χ1v) is 8.02. The summed E-state index contributed by atoms with van der Waals surface area (Å²) >= 11 is 0. The van der Waals surface area contributed by atoms with Crippen LogP contribution in [0.1, 0.15) is 20.3 Å². The van der Waals surface area contributed by atoms with Crippen molar-refractivity contribution >= 4 is 5.91 Å². The molecule has 1 aliphatic rings. The number of hydrogen-bond acceptors (Lipinski definition) is 7. The zero-order valence-corrected chi connectivity index (χ0v) is 14.4. The Labute approximate surface area is 138 Å². The number of rotatable bonds is 13. The van der Waals surface area contributed by atoms with Gasteiger partial charge >= 0.3 is 0 Å². The van der Waals surface area contributed by atoms with Crippen molar-refractivity contribution in [1.29, 1.82) is 0 Å². The van der Waals surface area contributed by atoms with E-state index >= 15 is 0 Å². The first-order chi connectivity index (χ1) is 11.1. The van der Waals surface area contributed by atoms with Gasteiger partial charge in [-0.1, -0.05) is 13.8 Å². The second kappa shape index (κ2) is 12.1. The lowest BCUT2D eigenvalue weighted by Crippen LogP contribution is -2.39. The van der Waals surface area contributed by atoms with Gasteiger partial charge in [0.1, 0.15) is 0 Å². The summed E-state index contributed by atoms with van der Waals surface area (Å²) in [5.74, 6) is 0.434. The zero-order valence-electron chi connectivity index (χ0n) is 14.4. The minimum atomic E-state index is 0.0676. The van der Waals surface area contributed by atoms with Gasteiger partial charge < -0.3 is 25.0 Å². The Bertz CT molecular complexity index is 363. The summed E-state index contributed by atoms with van der Waals surface area (Å²) in [4.78, 5) is 11.6. The van der Waals surface area contributed by atoms with Gasteiger partial charge in [-0.05, 0) is 5.92 Å². The fourth-order valence-corrected chi connectivity index (χ4v) is 1.87. The third kappa shape index (κ3) is 10.1. The second-order valence-electron chi connectivity index (χ2n) is 5.68. The van der Waals surface area contributed by atoms with Crippen LogP contribution in [-0.4, -0.2) is 64.1 Å².